The number of carbonyl (C=O) groups is 1. The molecule has 2 N–H and O–H groups in total. The summed E-state index contributed by atoms with van der Waals surface area (Å²) in [4.78, 5) is 14.6. The summed E-state index contributed by atoms with van der Waals surface area (Å²) in [6.07, 6.45) is 0.782. The first-order valence-electron chi connectivity index (χ1n) is 9.50. The summed E-state index contributed by atoms with van der Waals surface area (Å²) in [5, 5.41) is 12.8. The lowest BCUT2D eigenvalue weighted by Crippen LogP contribution is -2.34. The molecule has 0 bridgehead atoms. The van der Waals surface area contributed by atoms with Crippen molar-refractivity contribution in [3.8, 4) is 11.3 Å². The van der Waals surface area contributed by atoms with Crippen LogP contribution in [-0.2, 0) is 17.8 Å². The third-order valence-electron chi connectivity index (χ3n) is 5.29. The third-order valence-corrected chi connectivity index (χ3v) is 5.29. The van der Waals surface area contributed by atoms with Gasteiger partial charge in [0, 0.05) is 23.5 Å². The van der Waals surface area contributed by atoms with E-state index in [1.807, 2.05) is 62.4 Å². The maximum Gasteiger partial charge on any atom is 0.246 e. The highest BCUT2D eigenvalue weighted by atomic mass is 16.3. The number of aliphatic hydroxyl groups excluding tert-OH is 1. The molecule has 5 nitrogen and oxygen atoms in total. The highest BCUT2D eigenvalue weighted by molar-refractivity contribution is 5.98. The molecule has 28 heavy (non-hydrogen) atoms. The van der Waals surface area contributed by atoms with Gasteiger partial charge >= 0.3 is 0 Å². The van der Waals surface area contributed by atoms with Crippen molar-refractivity contribution in [2.45, 2.75) is 26.9 Å². The van der Waals surface area contributed by atoms with Crippen molar-refractivity contribution in [2.75, 3.05) is 23.3 Å². The molecule has 2 aromatic carbocycles. The number of furan rings is 1. The van der Waals surface area contributed by atoms with E-state index in [1.165, 1.54) is 0 Å². The van der Waals surface area contributed by atoms with E-state index in [4.69, 9.17) is 4.42 Å². The number of fused-ring (bicyclic) bond motifs is 1. The molecule has 1 amide bonds. The highest BCUT2D eigenvalue weighted by Crippen LogP contribution is 2.31. The van der Waals surface area contributed by atoms with Crippen molar-refractivity contribution in [2.24, 2.45) is 0 Å². The van der Waals surface area contributed by atoms with E-state index in [2.05, 4.69) is 5.32 Å². The molecule has 0 unspecified atom stereocenters. The molecule has 0 saturated heterocycles. The number of amides is 1. The SMILES string of the molecule is Cc1ccc(-c2ccc(C)c(NCC(=O)N3CCc4c(CO)cccc43)c2)o1. The third kappa shape index (κ3) is 3.41. The smallest absolute Gasteiger partial charge is 0.246 e. The number of nitrogens with zero attached hydrogens (tertiary/aromatic N) is 1. The fraction of sp³-hybridized carbons (Fsp3) is 0.261. The van der Waals surface area contributed by atoms with E-state index in [-0.39, 0.29) is 19.1 Å². The number of nitrogens with one attached hydrogen (secondary N) is 1. The van der Waals surface area contributed by atoms with Crippen molar-refractivity contribution in [3.05, 3.63) is 71.0 Å². The Balaban J connectivity index is 1.49. The van der Waals surface area contributed by atoms with Gasteiger partial charge in [-0.3, -0.25) is 4.79 Å². The zero-order valence-electron chi connectivity index (χ0n) is 16.2. The van der Waals surface area contributed by atoms with E-state index >= 15 is 0 Å². The summed E-state index contributed by atoms with van der Waals surface area (Å²) in [7, 11) is 0. The molecule has 0 fully saturated rings. The number of rotatable bonds is 5. The van der Waals surface area contributed by atoms with Crippen LogP contribution in [0.4, 0.5) is 11.4 Å². The summed E-state index contributed by atoms with van der Waals surface area (Å²) in [5.41, 5.74) is 5.86. The predicted molar refractivity (Wildman–Crippen MR) is 111 cm³/mol. The maximum atomic E-state index is 12.8. The average molecular weight is 376 g/mol. The Morgan fingerprint density at radius 1 is 1.18 bits per heavy atom. The van der Waals surface area contributed by atoms with Gasteiger partial charge in [0.25, 0.3) is 0 Å². The molecule has 0 radical (unpaired) electrons. The normalized spacial score (nSPS) is 12.9. The van der Waals surface area contributed by atoms with Gasteiger partial charge in [0.1, 0.15) is 11.5 Å². The number of aryl methyl sites for hydroxylation is 2. The molecule has 1 aliphatic rings. The van der Waals surface area contributed by atoms with Gasteiger partial charge in [-0.15, -0.1) is 0 Å². The van der Waals surface area contributed by atoms with Gasteiger partial charge in [-0.1, -0.05) is 24.3 Å². The number of carbonyl (C=O) groups excluding carboxylic acids is 1. The van der Waals surface area contributed by atoms with Crippen LogP contribution in [0.2, 0.25) is 0 Å². The number of anilines is 2. The summed E-state index contributed by atoms with van der Waals surface area (Å²) < 4.78 is 5.71. The second-order valence-electron chi connectivity index (χ2n) is 7.16. The zero-order chi connectivity index (χ0) is 19.7. The van der Waals surface area contributed by atoms with Crippen LogP contribution >= 0.6 is 0 Å². The largest absolute Gasteiger partial charge is 0.461 e. The minimum atomic E-state index is 0.00168. The monoisotopic (exact) mass is 376 g/mol. The molecule has 4 rings (SSSR count). The Morgan fingerprint density at radius 2 is 2.04 bits per heavy atom. The minimum Gasteiger partial charge on any atom is -0.461 e. The molecule has 1 aromatic heterocycles. The predicted octanol–water partition coefficient (Wildman–Crippen LogP) is 4.06. The topological polar surface area (TPSA) is 65.7 Å². The van der Waals surface area contributed by atoms with Gasteiger partial charge in [0.05, 0.1) is 13.2 Å². The first kappa shape index (κ1) is 18.3. The van der Waals surface area contributed by atoms with Crippen LogP contribution in [0.25, 0.3) is 11.3 Å². The first-order chi connectivity index (χ1) is 13.6. The molecule has 0 aliphatic carbocycles. The molecule has 2 heterocycles. The zero-order valence-corrected chi connectivity index (χ0v) is 16.2. The van der Waals surface area contributed by atoms with Crippen LogP contribution in [0.15, 0.2) is 52.9 Å². The van der Waals surface area contributed by atoms with Crippen LogP contribution < -0.4 is 10.2 Å². The Bertz CT molecular complexity index is 1020. The van der Waals surface area contributed by atoms with Crippen LogP contribution in [0.1, 0.15) is 22.5 Å². The summed E-state index contributed by atoms with van der Waals surface area (Å²) in [6.45, 7) is 4.80. The molecule has 0 saturated carbocycles. The fourth-order valence-electron chi connectivity index (χ4n) is 3.74. The van der Waals surface area contributed by atoms with Crippen molar-refractivity contribution >= 4 is 17.3 Å². The van der Waals surface area contributed by atoms with Gasteiger partial charge in [0.15, 0.2) is 0 Å². The second kappa shape index (κ2) is 7.52. The minimum absolute atomic E-state index is 0.00168. The number of aliphatic hydroxyl groups is 1. The quantitative estimate of drug-likeness (QED) is 0.705. The standard InChI is InChI=1S/C23H24N2O3/c1-15-6-8-17(22-9-7-16(2)28-22)12-20(15)24-13-23(27)25-11-10-19-18(14-26)4-3-5-21(19)25/h3-9,12,24,26H,10-11,13-14H2,1-2H3. The molecule has 0 atom stereocenters. The van der Waals surface area contributed by atoms with E-state index in [0.29, 0.717) is 6.54 Å². The van der Waals surface area contributed by atoms with Gasteiger partial charge in [-0.05, 0) is 61.2 Å². The van der Waals surface area contributed by atoms with Crippen molar-refractivity contribution < 1.29 is 14.3 Å². The number of hydrogen-bond acceptors (Lipinski definition) is 4. The summed E-state index contributed by atoms with van der Waals surface area (Å²) in [6, 6.07) is 15.7. The molecular formula is C23H24N2O3. The molecular weight excluding hydrogens is 352 g/mol. The average Bonchev–Trinajstić information content (AvgIpc) is 3.33. The van der Waals surface area contributed by atoms with E-state index < -0.39 is 0 Å². The lowest BCUT2D eigenvalue weighted by molar-refractivity contribution is -0.116. The lowest BCUT2D eigenvalue weighted by atomic mass is 10.1. The molecule has 3 aromatic rings. The first-order valence-corrected chi connectivity index (χ1v) is 9.50. The lowest BCUT2D eigenvalue weighted by Gasteiger charge is -2.19. The second-order valence-corrected chi connectivity index (χ2v) is 7.16. The molecule has 0 spiro atoms. The van der Waals surface area contributed by atoms with Crippen LogP contribution in [0.3, 0.4) is 0 Å². The van der Waals surface area contributed by atoms with Gasteiger partial charge in [0.2, 0.25) is 5.91 Å². The Kier molecular flexibility index (Phi) is 4.92. The van der Waals surface area contributed by atoms with Crippen molar-refractivity contribution in [1.82, 2.24) is 0 Å². The Hall–Kier alpha value is -3.05. The van der Waals surface area contributed by atoms with E-state index in [9.17, 15) is 9.90 Å². The number of benzene rings is 2. The van der Waals surface area contributed by atoms with Gasteiger partial charge in [-0.2, -0.15) is 0 Å². The van der Waals surface area contributed by atoms with Crippen LogP contribution in [0.5, 0.6) is 0 Å². The highest BCUT2D eigenvalue weighted by Gasteiger charge is 2.26. The van der Waals surface area contributed by atoms with Gasteiger partial charge in [-0.25, -0.2) is 0 Å². The summed E-state index contributed by atoms with van der Waals surface area (Å²) in [5.74, 6) is 1.71. The van der Waals surface area contributed by atoms with Crippen molar-refractivity contribution in [3.63, 3.8) is 0 Å². The van der Waals surface area contributed by atoms with Gasteiger partial charge < -0.3 is 19.7 Å². The van der Waals surface area contributed by atoms with E-state index in [0.717, 1.165) is 51.6 Å². The molecule has 1 aliphatic heterocycles. The van der Waals surface area contributed by atoms with E-state index in [1.54, 1.807) is 4.90 Å². The molecule has 144 valence electrons. The Labute approximate surface area is 164 Å². The molecule has 5 heteroatoms. The van der Waals surface area contributed by atoms with Crippen LogP contribution in [-0.4, -0.2) is 24.1 Å². The van der Waals surface area contributed by atoms with Crippen LogP contribution in [0, 0.1) is 13.8 Å². The van der Waals surface area contributed by atoms with Crippen molar-refractivity contribution in [1.29, 1.82) is 0 Å². The maximum absolute atomic E-state index is 12.8. The number of hydrogen-bond donors (Lipinski definition) is 2. The fourth-order valence-corrected chi connectivity index (χ4v) is 3.74. The Morgan fingerprint density at radius 3 is 2.79 bits per heavy atom. The summed E-state index contributed by atoms with van der Waals surface area (Å²) >= 11 is 0.